The molecular formula is C20H25BrN2O3+2. The summed E-state index contributed by atoms with van der Waals surface area (Å²) in [7, 11) is 1.68. The van der Waals surface area contributed by atoms with Gasteiger partial charge in [-0.15, -0.1) is 0 Å². The van der Waals surface area contributed by atoms with E-state index in [-0.39, 0.29) is 6.79 Å². The summed E-state index contributed by atoms with van der Waals surface area (Å²) < 4.78 is 17.7. The molecule has 0 unspecified atom stereocenters. The van der Waals surface area contributed by atoms with Crippen LogP contribution < -0.4 is 24.0 Å². The van der Waals surface area contributed by atoms with E-state index in [1.165, 1.54) is 41.8 Å². The van der Waals surface area contributed by atoms with E-state index in [0.717, 1.165) is 30.3 Å². The van der Waals surface area contributed by atoms with E-state index in [2.05, 4.69) is 52.3 Å². The summed E-state index contributed by atoms with van der Waals surface area (Å²) >= 11 is 3.66. The number of rotatable bonds is 5. The van der Waals surface area contributed by atoms with Crippen molar-refractivity contribution in [1.82, 2.24) is 0 Å². The fourth-order valence-corrected chi connectivity index (χ4v) is 4.22. The molecule has 1 fully saturated rings. The average Bonchev–Trinajstić information content (AvgIpc) is 3.13. The fourth-order valence-electron chi connectivity index (χ4n) is 3.80. The molecule has 2 heterocycles. The molecule has 6 heteroatoms. The molecule has 138 valence electrons. The number of piperazine rings is 1. The van der Waals surface area contributed by atoms with Gasteiger partial charge in [0, 0.05) is 15.6 Å². The molecule has 0 radical (unpaired) electrons. The van der Waals surface area contributed by atoms with Gasteiger partial charge in [-0.05, 0) is 18.2 Å². The third-order valence-electron chi connectivity index (χ3n) is 5.23. The van der Waals surface area contributed by atoms with Crippen LogP contribution in [-0.2, 0) is 13.1 Å². The van der Waals surface area contributed by atoms with Gasteiger partial charge in [0.15, 0.2) is 11.5 Å². The summed E-state index contributed by atoms with van der Waals surface area (Å²) in [4.78, 5) is 3.27. The summed E-state index contributed by atoms with van der Waals surface area (Å²) in [6, 6.07) is 12.7. The summed E-state index contributed by atoms with van der Waals surface area (Å²) in [5, 5.41) is 0. The Labute approximate surface area is 162 Å². The first-order valence-corrected chi connectivity index (χ1v) is 9.89. The minimum atomic E-state index is 0.277. The maximum atomic E-state index is 5.55. The number of nitrogens with one attached hydrogen (secondary N) is 2. The zero-order valence-electron chi connectivity index (χ0n) is 15.0. The van der Waals surface area contributed by atoms with Crippen molar-refractivity contribution in [3.8, 4) is 17.2 Å². The Balaban J connectivity index is 1.35. The van der Waals surface area contributed by atoms with Gasteiger partial charge in [0.05, 0.1) is 7.11 Å². The third-order valence-corrected chi connectivity index (χ3v) is 6.01. The van der Waals surface area contributed by atoms with Crippen molar-refractivity contribution < 1.29 is 24.0 Å². The number of methoxy groups -OCH3 is 1. The molecule has 0 atom stereocenters. The second-order valence-corrected chi connectivity index (χ2v) is 7.83. The summed E-state index contributed by atoms with van der Waals surface area (Å²) in [5.74, 6) is 2.30. The summed E-state index contributed by atoms with van der Waals surface area (Å²) in [6.07, 6.45) is 0. The van der Waals surface area contributed by atoms with Gasteiger partial charge in [0.2, 0.25) is 12.5 Å². The molecule has 0 spiro atoms. The molecule has 5 nitrogen and oxygen atoms in total. The van der Waals surface area contributed by atoms with Gasteiger partial charge < -0.3 is 24.0 Å². The lowest BCUT2D eigenvalue weighted by atomic mass is 10.1. The van der Waals surface area contributed by atoms with Crippen LogP contribution in [0.3, 0.4) is 0 Å². The molecular weight excluding hydrogens is 396 g/mol. The summed E-state index contributed by atoms with van der Waals surface area (Å²) in [5.41, 5.74) is 2.64. The highest BCUT2D eigenvalue weighted by Crippen LogP contribution is 2.41. The van der Waals surface area contributed by atoms with E-state index >= 15 is 0 Å². The Bertz CT molecular complexity index is 776. The lowest BCUT2D eigenvalue weighted by Crippen LogP contribution is -3.27. The van der Waals surface area contributed by atoms with E-state index < -0.39 is 0 Å². The third kappa shape index (κ3) is 3.82. The van der Waals surface area contributed by atoms with Gasteiger partial charge in [-0.3, -0.25) is 0 Å². The second kappa shape index (κ2) is 7.86. The Kier molecular flexibility index (Phi) is 5.33. The molecule has 0 aliphatic carbocycles. The van der Waals surface area contributed by atoms with Crippen LogP contribution >= 0.6 is 15.9 Å². The first-order valence-electron chi connectivity index (χ1n) is 9.10. The highest BCUT2D eigenvalue weighted by Gasteiger charge is 2.26. The Hall–Kier alpha value is -1.76. The number of quaternary nitrogens is 2. The van der Waals surface area contributed by atoms with Crippen molar-refractivity contribution in [1.29, 1.82) is 0 Å². The van der Waals surface area contributed by atoms with Crippen molar-refractivity contribution in [3.63, 3.8) is 0 Å². The van der Waals surface area contributed by atoms with Crippen LogP contribution in [0.4, 0.5) is 0 Å². The molecule has 2 aromatic carbocycles. The molecule has 0 saturated carbocycles. The molecule has 26 heavy (non-hydrogen) atoms. The number of hydrogen-bond acceptors (Lipinski definition) is 3. The standard InChI is InChI=1S/C20H23BrN2O3/c1-24-18-10-15(11-19-20(18)26-14-25-19)12-22-6-8-23(9-7-22)13-16-4-2-3-5-17(16)21/h2-5,10-11H,6-9,12-14H2,1H3/p+2. The maximum Gasteiger partial charge on any atom is 0.231 e. The average molecular weight is 421 g/mol. The van der Waals surface area contributed by atoms with Crippen LogP contribution in [0.1, 0.15) is 11.1 Å². The minimum absolute atomic E-state index is 0.277. The fraction of sp³-hybridized carbons (Fsp3) is 0.400. The predicted molar refractivity (Wildman–Crippen MR) is 102 cm³/mol. The van der Waals surface area contributed by atoms with Crippen molar-refractivity contribution >= 4 is 15.9 Å². The first-order chi connectivity index (χ1) is 12.7. The monoisotopic (exact) mass is 420 g/mol. The van der Waals surface area contributed by atoms with Crippen LogP contribution in [0.2, 0.25) is 0 Å². The van der Waals surface area contributed by atoms with Crippen molar-refractivity contribution in [2.24, 2.45) is 0 Å². The molecule has 2 aliphatic rings. The lowest BCUT2D eigenvalue weighted by molar-refractivity contribution is -1.02. The van der Waals surface area contributed by atoms with Crippen LogP contribution in [0.15, 0.2) is 40.9 Å². The van der Waals surface area contributed by atoms with E-state index in [1.54, 1.807) is 16.9 Å². The number of hydrogen-bond donors (Lipinski definition) is 2. The minimum Gasteiger partial charge on any atom is -0.493 e. The van der Waals surface area contributed by atoms with Crippen molar-refractivity contribution in [3.05, 3.63) is 52.0 Å². The zero-order chi connectivity index (χ0) is 17.9. The largest absolute Gasteiger partial charge is 0.493 e. The highest BCUT2D eigenvalue weighted by molar-refractivity contribution is 9.10. The molecule has 2 aromatic rings. The molecule has 4 rings (SSSR count). The Morgan fingerprint density at radius 2 is 1.73 bits per heavy atom. The van der Waals surface area contributed by atoms with Gasteiger partial charge in [-0.2, -0.15) is 0 Å². The molecule has 2 N–H and O–H groups in total. The van der Waals surface area contributed by atoms with E-state index in [4.69, 9.17) is 14.2 Å². The molecule has 1 saturated heterocycles. The van der Waals surface area contributed by atoms with Crippen LogP contribution in [0, 0.1) is 0 Å². The summed E-state index contributed by atoms with van der Waals surface area (Å²) in [6.45, 7) is 7.10. The number of halogens is 1. The van der Waals surface area contributed by atoms with Gasteiger partial charge >= 0.3 is 0 Å². The Morgan fingerprint density at radius 3 is 2.46 bits per heavy atom. The number of benzene rings is 2. The van der Waals surface area contributed by atoms with Crippen molar-refractivity contribution in [2.45, 2.75) is 13.1 Å². The smallest absolute Gasteiger partial charge is 0.231 e. The molecule has 2 aliphatic heterocycles. The van der Waals surface area contributed by atoms with Crippen LogP contribution in [-0.4, -0.2) is 40.1 Å². The topological polar surface area (TPSA) is 36.6 Å². The van der Waals surface area contributed by atoms with E-state index in [9.17, 15) is 0 Å². The van der Waals surface area contributed by atoms with Gasteiger partial charge in [0.1, 0.15) is 39.3 Å². The predicted octanol–water partition coefficient (Wildman–Crippen LogP) is 0.670. The van der Waals surface area contributed by atoms with Gasteiger partial charge in [-0.1, -0.05) is 34.1 Å². The van der Waals surface area contributed by atoms with E-state index in [1.807, 2.05) is 0 Å². The van der Waals surface area contributed by atoms with Gasteiger partial charge in [0.25, 0.3) is 0 Å². The number of fused-ring (bicyclic) bond motifs is 1. The lowest BCUT2D eigenvalue weighted by Gasteiger charge is -2.30. The van der Waals surface area contributed by atoms with Crippen LogP contribution in [0.5, 0.6) is 17.2 Å². The van der Waals surface area contributed by atoms with Crippen LogP contribution in [0.25, 0.3) is 0 Å². The quantitative estimate of drug-likeness (QED) is 0.746. The maximum absolute atomic E-state index is 5.55. The number of ether oxygens (including phenoxy) is 3. The molecule has 0 aromatic heterocycles. The zero-order valence-corrected chi connectivity index (χ0v) is 16.6. The van der Waals surface area contributed by atoms with Gasteiger partial charge in [-0.25, -0.2) is 0 Å². The SMILES string of the molecule is COc1cc(C[NH+]2CC[NH+](Cc3ccccc3Br)CC2)cc2c1OCO2. The highest BCUT2D eigenvalue weighted by atomic mass is 79.9. The Morgan fingerprint density at radius 1 is 1.00 bits per heavy atom. The van der Waals surface area contributed by atoms with Crippen molar-refractivity contribution in [2.75, 3.05) is 40.1 Å². The first kappa shape index (κ1) is 17.6. The molecule has 0 bridgehead atoms. The van der Waals surface area contributed by atoms with E-state index in [0.29, 0.717) is 0 Å². The second-order valence-electron chi connectivity index (χ2n) is 6.98. The molecule has 0 amide bonds. The normalized spacial score (nSPS) is 21.6.